The molecular weight excluding hydrogens is 192 g/mol. The van der Waals surface area contributed by atoms with E-state index in [1.807, 2.05) is 11.8 Å². The summed E-state index contributed by atoms with van der Waals surface area (Å²) in [4.78, 5) is 18.0. The standard InChI is InChI=1S/C11H16N2O2/c1-7-10-6-9-4-3-5-13(8(2)14)11(9,12-7)15-10/h9-10H,3-6H2,1-2H3/t9-,10-,11+/m0/s1. The maximum absolute atomic E-state index is 11.6. The van der Waals surface area contributed by atoms with Crippen LogP contribution in [-0.2, 0) is 9.53 Å². The molecule has 0 aromatic rings. The predicted molar refractivity (Wildman–Crippen MR) is 55.4 cm³/mol. The molecule has 0 unspecified atom stereocenters. The number of hydrogen-bond acceptors (Lipinski definition) is 3. The third-order valence-electron chi connectivity index (χ3n) is 3.85. The van der Waals surface area contributed by atoms with E-state index in [2.05, 4.69) is 4.99 Å². The Morgan fingerprint density at radius 3 is 3.13 bits per heavy atom. The average Bonchev–Trinajstić information content (AvgIpc) is 2.68. The molecule has 2 bridgehead atoms. The van der Waals surface area contributed by atoms with Gasteiger partial charge in [0, 0.05) is 25.1 Å². The fraction of sp³-hybridized carbons (Fsp3) is 0.818. The van der Waals surface area contributed by atoms with Crippen LogP contribution in [0.15, 0.2) is 4.99 Å². The highest BCUT2D eigenvalue weighted by molar-refractivity contribution is 5.89. The number of fused-ring (bicyclic) bond motifs is 1. The number of amides is 1. The van der Waals surface area contributed by atoms with Crippen LogP contribution in [0.3, 0.4) is 0 Å². The molecule has 4 heteroatoms. The fourth-order valence-corrected chi connectivity index (χ4v) is 3.15. The van der Waals surface area contributed by atoms with Gasteiger partial charge in [-0.15, -0.1) is 0 Å². The minimum atomic E-state index is -0.612. The van der Waals surface area contributed by atoms with Crippen molar-refractivity contribution in [2.75, 3.05) is 6.54 Å². The largest absolute Gasteiger partial charge is 0.327 e. The average molecular weight is 208 g/mol. The molecule has 3 aliphatic rings. The van der Waals surface area contributed by atoms with E-state index in [0.717, 1.165) is 31.5 Å². The van der Waals surface area contributed by atoms with Crippen LogP contribution in [0, 0.1) is 5.92 Å². The molecule has 3 atom stereocenters. The lowest BCUT2D eigenvalue weighted by molar-refractivity contribution is -0.175. The van der Waals surface area contributed by atoms with Gasteiger partial charge in [0.25, 0.3) is 0 Å². The molecule has 1 spiro atoms. The van der Waals surface area contributed by atoms with Crippen molar-refractivity contribution in [2.45, 2.75) is 45.1 Å². The molecule has 1 amide bonds. The molecule has 3 rings (SSSR count). The van der Waals surface area contributed by atoms with Gasteiger partial charge in [-0.1, -0.05) is 0 Å². The van der Waals surface area contributed by atoms with Crippen LogP contribution in [0.1, 0.15) is 33.1 Å². The number of carbonyl (C=O) groups excluding carboxylic acids is 1. The highest BCUT2D eigenvalue weighted by atomic mass is 16.6. The Morgan fingerprint density at radius 1 is 1.67 bits per heavy atom. The predicted octanol–water partition coefficient (Wildman–Crippen LogP) is 1.16. The van der Waals surface area contributed by atoms with E-state index in [9.17, 15) is 4.79 Å². The maximum Gasteiger partial charge on any atom is 0.244 e. The van der Waals surface area contributed by atoms with Crippen LogP contribution in [-0.4, -0.2) is 35.0 Å². The Morgan fingerprint density at radius 2 is 2.47 bits per heavy atom. The van der Waals surface area contributed by atoms with Crippen LogP contribution in [0.4, 0.5) is 0 Å². The zero-order valence-electron chi connectivity index (χ0n) is 9.19. The lowest BCUT2D eigenvalue weighted by atomic mass is 9.87. The molecular formula is C11H16N2O2. The van der Waals surface area contributed by atoms with E-state index in [4.69, 9.17) is 4.74 Å². The molecule has 2 saturated heterocycles. The number of ether oxygens (including phenoxy) is 1. The Hall–Kier alpha value is -0.900. The first-order valence-corrected chi connectivity index (χ1v) is 5.66. The van der Waals surface area contributed by atoms with Crippen molar-refractivity contribution in [1.29, 1.82) is 0 Å². The Labute approximate surface area is 89.3 Å². The molecule has 0 aromatic heterocycles. The van der Waals surface area contributed by atoms with Crippen molar-refractivity contribution in [3.05, 3.63) is 0 Å². The van der Waals surface area contributed by atoms with E-state index in [0.29, 0.717) is 5.92 Å². The SMILES string of the molecule is CC(=O)N1CCC[C@H]2C[C@@H]3O[C@@]21N=C3C. The summed E-state index contributed by atoms with van der Waals surface area (Å²) in [6.45, 7) is 4.40. The monoisotopic (exact) mass is 208 g/mol. The molecule has 3 heterocycles. The maximum atomic E-state index is 11.6. The molecule has 0 aliphatic carbocycles. The number of likely N-dealkylation sites (tertiary alicyclic amines) is 1. The first-order valence-electron chi connectivity index (χ1n) is 5.66. The summed E-state index contributed by atoms with van der Waals surface area (Å²) in [5, 5.41) is 0. The minimum Gasteiger partial charge on any atom is -0.327 e. The van der Waals surface area contributed by atoms with E-state index in [1.165, 1.54) is 0 Å². The summed E-state index contributed by atoms with van der Waals surface area (Å²) < 4.78 is 5.95. The highest BCUT2D eigenvalue weighted by Gasteiger charge is 2.59. The van der Waals surface area contributed by atoms with Crippen LogP contribution in [0.5, 0.6) is 0 Å². The van der Waals surface area contributed by atoms with Crippen LogP contribution in [0.25, 0.3) is 0 Å². The van der Waals surface area contributed by atoms with E-state index in [-0.39, 0.29) is 12.0 Å². The zero-order valence-corrected chi connectivity index (χ0v) is 9.19. The number of hydrogen-bond donors (Lipinski definition) is 0. The third-order valence-corrected chi connectivity index (χ3v) is 3.85. The second-order valence-electron chi connectivity index (χ2n) is 4.76. The van der Waals surface area contributed by atoms with Gasteiger partial charge in [-0.3, -0.25) is 9.69 Å². The van der Waals surface area contributed by atoms with Gasteiger partial charge in [0.05, 0.1) is 0 Å². The molecule has 0 aromatic carbocycles. The Bertz CT molecular complexity index is 352. The van der Waals surface area contributed by atoms with E-state index in [1.54, 1.807) is 6.92 Å². The number of carbonyl (C=O) groups is 1. The lowest BCUT2D eigenvalue weighted by Gasteiger charge is -2.43. The van der Waals surface area contributed by atoms with Crippen LogP contribution < -0.4 is 0 Å². The first kappa shape index (κ1) is 9.33. The van der Waals surface area contributed by atoms with Crippen molar-refractivity contribution in [1.82, 2.24) is 4.90 Å². The van der Waals surface area contributed by atoms with Crippen molar-refractivity contribution >= 4 is 11.6 Å². The topological polar surface area (TPSA) is 41.9 Å². The molecule has 3 aliphatic heterocycles. The number of aliphatic imine (C=N–C) groups is 1. The van der Waals surface area contributed by atoms with Gasteiger partial charge in [0.2, 0.25) is 11.8 Å². The Kier molecular flexibility index (Phi) is 1.75. The highest BCUT2D eigenvalue weighted by Crippen LogP contribution is 2.49. The molecule has 15 heavy (non-hydrogen) atoms. The van der Waals surface area contributed by atoms with Gasteiger partial charge < -0.3 is 4.74 Å². The summed E-state index contributed by atoms with van der Waals surface area (Å²) in [6, 6.07) is 0. The summed E-state index contributed by atoms with van der Waals surface area (Å²) in [5.74, 6) is -0.110. The summed E-state index contributed by atoms with van der Waals surface area (Å²) >= 11 is 0. The molecule has 0 saturated carbocycles. The van der Waals surface area contributed by atoms with Crippen LogP contribution >= 0.6 is 0 Å². The molecule has 0 N–H and O–H groups in total. The van der Waals surface area contributed by atoms with Gasteiger partial charge in [0.1, 0.15) is 6.10 Å². The number of piperidine rings is 1. The molecule has 0 radical (unpaired) electrons. The van der Waals surface area contributed by atoms with Crippen molar-refractivity contribution < 1.29 is 9.53 Å². The fourth-order valence-electron chi connectivity index (χ4n) is 3.15. The van der Waals surface area contributed by atoms with Gasteiger partial charge in [-0.2, -0.15) is 0 Å². The second kappa shape index (κ2) is 2.82. The second-order valence-corrected chi connectivity index (χ2v) is 4.76. The molecule has 2 fully saturated rings. The van der Waals surface area contributed by atoms with Gasteiger partial charge in [-0.25, -0.2) is 4.99 Å². The number of rotatable bonds is 0. The smallest absolute Gasteiger partial charge is 0.244 e. The normalized spacial score (nSPS) is 42.8. The molecule has 82 valence electrons. The van der Waals surface area contributed by atoms with Gasteiger partial charge in [0.15, 0.2) is 0 Å². The van der Waals surface area contributed by atoms with Crippen molar-refractivity contribution in [3.63, 3.8) is 0 Å². The van der Waals surface area contributed by atoms with Crippen LogP contribution in [0.2, 0.25) is 0 Å². The summed E-state index contributed by atoms with van der Waals surface area (Å²) in [6.07, 6.45) is 3.42. The van der Waals surface area contributed by atoms with Gasteiger partial charge >= 0.3 is 0 Å². The lowest BCUT2D eigenvalue weighted by Crippen LogP contribution is -2.56. The van der Waals surface area contributed by atoms with E-state index < -0.39 is 5.85 Å². The molecule has 4 nitrogen and oxygen atoms in total. The van der Waals surface area contributed by atoms with E-state index >= 15 is 0 Å². The number of nitrogens with zero attached hydrogens (tertiary/aromatic N) is 2. The zero-order chi connectivity index (χ0) is 10.6. The third kappa shape index (κ3) is 1.06. The van der Waals surface area contributed by atoms with Crippen molar-refractivity contribution in [2.24, 2.45) is 10.9 Å². The van der Waals surface area contributed by atoms with Crippen molar-refractivity contribution in [3.8, 4) is 0 Å². The quantitative estimate of drug-likeness (QED) is 0.599. The summed E-state index contributed by atoms with van der Waals surface area (Å²) in [5.41, 5.74) is 1.06. The first-order chi connectivity index (χ1) is 7.13. The summed E-state index contributed by atoms with van der Waals surface area (Å²) in [7, 11) is 0. The Balaban J connectivity index is 2.03. The minimum absolute atomic E-state index is 0.0822. The van der Waals surface area contributed by atoms with Gasteiger partial charge in [-0.05, 0) is 26.2 Å².